The zero-order chi connectivity index (χ0) is 19.1. The van der Waals surface area contributed by atoms with Gasteiger partial charge in [0.25, 0.3) is 0 Å². The van der Waals surface area contributed by atoms with Crippen LogP contribution >= 0.6 is 0 Å². The molecule has 1 N–H and O–H groups in total. The van der Waals surface area contributed by atoms with Gasteiger partial charge in [0.2, 0.25) is 11.8 Å². The molecule has 0 bridgehead atoms. The third kappa shape index (κ3) is 5.21. The molecule has 0 aromatic heterocycles. The average Bonchev–Trinajstić information content (AvgIpc) is 2.61. The molecule has 3 amide bonds. The van der Waals surface area contributed by atoms with Crippen molar-refractivity contribution in [3.63, 3.8) is 0 Å². The van der Waals surface area contributed by atoms with Gasteiger partial charge in [-0.2, -0.15) is 0 Å². The zero-order valence-corrected chi connectivity index (χ0v) is 15.7. The Kier molecular flexibility index (Phi) is 7.00. The number of rotatable bonds is 5. The highest BCUT2D eigenvalue weighted by Crippen LogP contribution is 2.19. The lowest BCUT2D eigenvalue weighted by atomic mass is 10.1. The number of anilines is 1. The van der Waals surface area contributed by atoms with E-state index in [-0.39, 0.29) is 30.5 Å². The summed E-state index contributed by atoms with van der Waals surface area (Å²) in [5, 5.41) is 2.97. The predicted octanol–water partition coefficient (Wildman–Crippen LogP) is 2.09. The zero-order valence-electron chi connectivity index (χ0n) is 15.7. The van der Waals surface area contributed by atoms with Gasteiger partial charge < -0.3 is 19.9 Å². The number of carbonyl (C=O) groups is 3. The van der Waals surface area contributed by atoms with E-state index in [1.165, 1.54) is 11.8 Å². The van der Waals surface area contributed by atoms with E-state index < -0.39 is 0 Å². The molecule has 2 rings (SSSR count). The van der Waals surface area contributed by atoms with Crippen molar-refractivity contribution in [3.8, 4) is 0 Å². The summed E-state index contributed by atoms with van der Waals surface area (Å²) in [5.41, 5.74) is 1.69. The van der Waals surface area contributed by atoms with E-state index in [0.29, 0.717) is 32.5 Å². The molecule has 142 valence electrons. The fraction of sp³-hybridized carbons (Fsp3) is 0.526. The van der Waals surface area contributed by atoms with E-state index in [4.69, 9.17) is 4.74 Å². The van der Waals surface area contributed by atoms with Crippen LogP contribution in [0.3, 0.4) is 0 Å². The maximum absolute atomic E-state index is 12.4. The van der Waals surface area contributed by atoms with Gasteiger partial charge in [-0.05, 0) is 38.3 Å². The van der Waals surface area contributed by atoms with Crippen LogP contribution in [-0.2, 0) is 14.3 Å². The first-order chi connectivity index (χ1) is 12.4. The molecule has 1 aromatic rings. The Labute approximate surface area is 154 Å². The number of amides is 3. The number of piperidine rings is 1. The topological polar surface area (TPSA) is 79.0 Å². The minimum absolute atomic E-state index is 0.00106. The van der Waals surface area contributed by atoms with Gasteiger partial charge in [0.1, 0.15) is 6.54 Å². The second-order valence-corrected chi connectivity index (χ2v) is 6.42. The van der Waals surface area contributed by atoms with Crippen LogP contribution in [-0.4, -0.2) is 55.1 Å². The van der Waals surface area contributed by atoms with Crippen LogP contribution in [0.4, 0.5) is 10.5 Å². The molecule has 26 heavy (non-hydrogen) atoms. The first-order valence-electron chi connectivity index (χ1n) is 8.97. The quantitative estimate of drug-likeness (QED) is 0.871. The summed E-state index contributed by atoms with van der Waals surface area (Å²) in [7, 11) is 0. The number of carbonyl (C=O) groups excluding carboxylic acids is 3. The molecule has 7 nitrogen and oxygen atoms in total. The molecule has 1 aliphatic rings. The van der Waals surface area contributed by atoms with Gasteiger partial charge in [-0.3, -0.25) is 9.59 Å². The lowest BCUT2D eigenvalue weighted by Crippen LogP contribution is -2.49. The molecule has 7 heteroatoms. The smallest absolute Gasteiger partial charge is 0.409 e. The number of hydrogen-bond acceptors (Lipinski definition) is 4. The largest absolute Gasteiger partial charge is 0.450 e. The monoisotopic (exact) mass is 361 g/mol. The van der Waals surface area contributed by atoms with Crippen LogP contribution in [0.5, 0.6) is 0 Å². The highest BCUT2D eigenvalue weighted by molar-refractivity contribution is 5.98. The van der Waals surface area contributed by atoms with Gasteiger partial charge in [-0.1, -0.05) is 18.2 Å². The van der Waals surface area contributed by atoms with Crippen LogP contribution in [0.1, 0.15) is 32.3 Å². The van der Waals surface area contributed by atoms with Crippen molar-refractivity contribution < 1.29 is 19.1 Å². The summed E-state index contributed by atoms with van der Waals surface area (Å²) in [6.07, 6.45) is 1.05. The highest BCUT2D eigenvalue weighted by atomic mass is 16.6. The van der Waals surface area contributed by atoms with Gasteiger partial charge in [0.05, 0.1) is 6.61 Å². The molecule has 1 aromatic carbocycles. The van der Waals surface area contributed by atoms with E-state index in [1.807, 2.05) is 31.2 Å². The van der Waals surface area contributed by atoms with Crippen molar-refractivity contribution in [1.29, 1.82) is 0 Å². The van der Waals surface area contributed by atoms with Crippen LogP contribution in [0, 0.1) is 6.92 Å². The van der Waals surface area contributed by atoms with E-state index >= 15 is 0 Å². The number of nitrogens with one attached hydrogen (secondary N) is 1. The summed E-state index contributed by atoms with van der Waals surface area (Å²) < 4.78 is 4.99. The number of aryl methyl sites for hydroxylation is 1. The van der Waals surface area contributed by atoms with Crippen LogP contribution < -0.4 is 10.2 Å². The molecule has 0 aliphatic carbocycles. The van der Waals surface area contributed by atoms with E-state index in [9.17, 15) is 14.4 Å². The number of benzene rings is 1. The molecule has 0 saturated carbocycles. The molecule has 1 aliphatic heterocycles. The SMILES string of the molecule is CCOC(=O)N1CCC(NC(=O)CN(C(C)=O)c2ccccc2C)CC1. The lowest BCUT2D eigenvalue weighted by molar-refractivity contribution is -0.123. The Morgan fingerprint density at radius 3 is 2.46 bits per heavy atom. The van der Waals surface area contributed by atoms with Crippen LogP contribution in [0.25, 0.3) is 0 Å². The highest BCUT2D eigenvalue weighted by Gasteiger charge is 2.25. The van der Waals surface area contributed by atoms with Crippen molar-refractivity contribution in [2.24, 2.45) is 0 Å². The predicted molar refractivity (Wildman–Crippen MR) is 99.0 cm³/mol. The van der Waals surface area contributed by atoms with Crippen molar-refractivity contribution in [2.75, 3.05) is 31.1 Å². The Morgan fingerprint density at radius 2 is 1.88 bits per heavy atom. The van der Waals surface area contributed by atoms with Crippen molar-refractivity contribution in [1.82, 2.24) is 10.2 Å². The van der Waals surface area contributed by atoms with Gasteiger partial charge in [-0.25, -0.2) is 4.79 Å². The number of likely N-dealkylation sites (tertiary alicyclic amines) is 1. The average molecular weight is 361 g/mol. The van der Waals surface area contributed by atoms with Crippen molar-refractivity contribution in [3.05, 3.63) is 29.8 Å². The minimum Gasteiger partial charge on any atom is -0.450 e. The fourth-order valence-corrected chi connectivity index (χ4v) is 3.07. The van der Waals surface area contributed by atoms with E-state index in [2.05, 4.69) is 5.32 Å². The molecule has 1 saturated heterocycles. The van der Waals surface area contributed by atoms with E-state index in [1.54, 1.807) is 11.8 Å². The Balaban J connectivity index is 1.89. The van der Waals surface area contributed by atoms with Gasteiger partial charge >= 0.3 is 6.09 Å². The Hall–Kier alpha value is -2.57. The summed E-state index contributed by atoms with van der Waals surface area (Å²) in [6, 6.07) is 7.49. The number of nitrogens with zero attached hydrogens (tertiary/aromatic N) is 2. The summed E-state index contributed by atoms with van der Waals surface area (Å²) in [6.45, 7) is 6.59. The van der Waals surface area contributed by atoms with Gasteiger partial charge in [0.15, 0.2) is 0 Å². The van der Waals surface area contributed by atoms with Gasteiger partial charge in [-0.15, -0.1) is 0 Å². The van der Waals surface area contributed by atoms with Crippen LogP contribution in [0.2, 0.25) is 0 Å². The summed E-state index contributed by atoms with van der Waals surface area (Å²) in [4.78, 5) is 39.3. The Morgan fingerprint density at radius 1 is 1.23 bits per heavy atom. The van der Waals surface area contributed by atoms with Crippen LogP contribution in [0.15, 0.2) is 24.3 Å². The molecular formula is C19H27N3O4. The first kappa shape index (κ1) is 19.8. The summed E-state index contributed by atoms with van der Waals surface area (Å²) in [5.74, 6) is -0.371. The van der Waals surface area contributed by atoms with E-state index in [0.717, 1.165) is 11.3 Å². The summed E-state index contributed by atoms with van der Waals surface area (Å²) >= 11 is 0. The molecule has 1 fully saturated rings. The van der Waals surface area contributed by atoms with Crippen molar-refractivity contribution in [2.45, 2.75) is 39.7 Å². The third-order valence-corrected chi connectivity index (χ3v) is 4.47. The number of ether oxygens (including phenoxy) is 1. The third-order valence-electron chi connectivity index (χ3n) is 4.47. The molecule has 1 heterocycles. The lowest BCUT2D eigenvalue weighted by Gasteiger charge is -2.32. The maximum atomic E-state index is 12.4. The van der Waals surface area contributed by atoms with Crippen molar-refractivity contribution >= 4 is 23.6 Å². The molecule has 0 atom stereocenters. The molecule has 0 radical (unpaired) electrons. The van der Waals surface area contributed by atoms with Gasteiger partial charge in [0, 0.05) is 31.7 Å². The maximum Gasteiger partial charge on any atom is 0.409 e. The Bertz CT molecular complexity index is 654. The molecular weight excluding hydrogens is 334 g/mol. The first-order valence-corrected chi connectivity index (χ1v) is 8.97. The second-order valence-electron chi connectivity index (χ2n) is 6.42. The normalized spacial score (nSPS) is 14.7. The minimum atomic E-state index is -0.306. The molecule has 0 spiro atoms. The molecule has 0 unspecified atom stereocenters. The standard InChI is InChI=1S/C19H27N3O4/c1-4-26-19(25)21-11-9-16(10-12-21)20-18(24)13-22(15(3)23)17-8-6-5-7-14(17)2/h5-8,16H,4,9-13H2,1-3H3,(H,20,24). The number of hydrogen-bond donors (Lipinski definition) is 1. The fourth-order valence-electron chi connectivity index (χ4n) is 3.07. The number of para-hydroxylation sites is 1. The second kappa shape index (κ2) is 9.22.